The molecule has 5 heteroatoms. The van der Waals surface area contributed by atoms with Crippen molar-refractivity contribution >= 4 is 28.7 Å². The van der Waals surface area contributed by atoms with Gasteiger partial charge in [-0.05, 0) is 11.4 Å². The van der Waals surface area contributed by atoms with E-state index in [0.717, 1.165) is 0 Å². The molecule has 14 heavy (non-hydrogen) atoms. The molecule has 0 atom stereocenters. The van der Waals surface area contributed by atoms with Crippen molar-refractivity contribution in [2.75, 3.05) is 11.9 Å². The van der Waals surface area contributed by atoms with Gasteiger partial charge in [0.25, 0.3) is 0 Å². The number of hydrogen-bond acceptors (Lipinski definition) is 4. The zero-order valence-corrected chi connectivity index (χ0v) is 8.17. The number of anilines is 1. The average Bonchev–Trinajstić information content (AvgIpc) is 2.63. The molecule has 1 aromatic heterocycles. The van der Waals surface area contributed by atoms with Crippen LogP contribution in [0, 0.1) is 0 Å². The second-order valence-corrected chi connectivity index (χ2v) is 3.23. The standard InChI is InChI=1S/C9H9NO3S/c1-2-4-13-9(12)7-3-5-14-8(7)10-6-11/h2-3,5-6H,1,4H2,(H,10,11). The molecule has 74 valence electrons. The van der Waals surface area contributed by atoms with Crippen molar-refractivity contribution in [1.29, 1.82) is 0 Å². The Balaban J connectivity index is 2.72. The smallest absolute Gasteiger partial charge is 0.341 e. The van der Waals surface area contributed by atoms with Crippen LogP contribution in [0.5, 0.6) is 0 Å². The van der Waals surface area contributed by atoms with Crippen molar-refractivity contribution in [2.24, 2.45) is 0 Å². The molecule has 0 spiro atoms. The van der Waals surface area contributed by atoms with Gasteiger partial charge in [-0.25, -0.2) is 4.79 Å². The van der Waals surface area contributed by atoms with Gasteiger partial charge in [-0.1, -0.05) is 12.7 Å². The zero-order chi connectivity index (χ0) is 10.4. The maximum absolute atomic E-state index is 11.3. The van der Waals surface area contributed by atoms with E-state index >= 15 is 0 Å². The van der Waals surface area contributed by atoms with E-state index in [4.69, 9.17) is 4.74 Å². The summed E-state index contributed by atoms with van der Waals surface area (Å²) in [6.07, 6.45) is 2.01. The predicted molar refractivity (Wildman–Crippen MR) is 54.5 cm³/mol. The molecule has 0 saturated heterocycles. The van der Waals surface area contributed by atoms with Gasteiger partial charge < -0.3 is 10.1 Å². The summed E-state index contributed by atoms with van der Waals surface area (Å²) < 4.78 is 4.82. The average molecular weight is 211 g/mol. The molecule has 0 aliphatic heterocycles. The van der Waals surface area contributed by atoms with Crippen LogP contribution in [-0.2, 0) is 9.53 Å². The third-order valence-corrected chi connectivity index (χ3v) is 2.25. The van der Waals surface area contributed by atoms with Crippen molar-refractivity contribution in [1.82, 2.24) is 0 Å². The summed E-state index contributed by atoms with van der Waals surface area (Å²) >= 11 is 1.27. The highest BCUT2D eigenvalue weighted by Crippen LogP contribution is 2.23. The Kier molecular flexibility index (Phi) is 3.87. The SMILES string of the molecule is C=CCOC(=O)c1ccsc1NC=O. The van der Waals surface area contributed by atoms with E-state index in [-0.39, 0.29) is 6.61 Å². The van der Waals surface area contributed by atoms with E-state index in [1.165, 1.54) is 17.4 Å². The molecular formula is C9H9NO3S. The van der Waals surface area contributed by atoms with Crippen molar-refractivity contribution in [3.05, 3.63) is 29.7 Å². The van der Waals surface area contributed by atoms with Gasteiger partial charge in [-0.15, -0.1) is 11.3 Å². The molecule has 0 aliphatic carbocycles. The number of ether oxygens (including phenoxy) is 1. The predicted octanol–water partition coefficient (Wildman–Crippen LogP) is 1.66. The molecule has 1 amide bonds. The maximum Gasteiger partial charge on any atom is 0.341 e. The number of thiophene rings is 1. The quantitative estimate of drug-likeness (QED) is 0.458. The summed E-state index contributed by atoms with van der Waals surface area (Å²) in [5.74, 6) is -0.462. The molecule has 1 rings (SSSR count). The Bertz CT molecular complexity index is 346. The molecule has 0 aliphatic rings. The van der Waals surface area contributed by atoms with E-state index in [0.29, 0.717) is 17.0 Å². The summed E-state index contributed by atoms with van der Waals surface area (Å²) in [6, 6.07) is 1.60. The van der Waals surface area contributed by atoms with Crippen LogP contribution >= 0.6 is 11.3 Å². The maximum atomic E-state index is 11.3. The topological polar surface area (TPSA) is 55.4 Å². The number of nitrogens with one attached hydrogen (secondary N) is 1. The van der Waals surface area contributed by atoms with Gasteiger partial charge in [0.05, 0.1) is 5.56 Å². The molecule has 0 fully saturated rings. The highest BCUT2D eigenvalue weighted by molar-refractivity contribution is 7.14. The Morgan fingerprint density at radius 3 is 3.14 bits per heavy atom. The van der Waals surface area contributed by atoms with E-state index in [2.05, 4.69) is 11.9 Å². The minimum absolute atomic E-state index is 0.162. The Hall–Kier alpha value is -1.62. The number of rotatable bonds is 5. The summed E-state index contributed by atoms with van der Waals surface area (Å²) in [4.78, 5) is 21.5. The normalized spacial score (nSPS) is 9.14. The third kappa shape index (κ3) is 2.43. The first-order valence-electron chi connectivity index (χ1n) is 3.85. The number of esters is 1. The molecule has 1 heterocycles. The van der Waals surface area contributed by atoms with E-state index in [9.17, 15) is 9.59 Å². The lowest BCUT2D eigenvalue weighted by molar-refractivity contribution is -0.105. The first-order chi connectivity index (χ1) is 6.79. The van der Waals surface area contributed by atoms with Gasteiger partial charge in [-0.2, -0.15) is 0 Å². The molecular weight excluding hydrogens is 202 g/mol. The molecule has 0 aromatic carbocycles. The first kappa shape index (κ1) is 10.5. The van der Waals surface area contributed by atoms with Gasteiger partial charge in [-0.3, -0.25) is 4.79 Å². The monoisotopic (exact) mass is 211 g/mol. The Morgan fingerprint density at radius 1 is 1.71 bits per heavy atom. The summed E-state index contributed by atoms with van der Waals surface area (Å²) in [5, 5.41) is 4.62. The van der Waals surface area contributed by atoms with E-state index in [1.807, 2.05) is 0 Å². The summed E-state index contributed by atoms with van der Waals surface area (Å²) in [7, 11) is 0. The largest absolute Gasteiger partial charge is 0.458 e. The molecule has 1 N–H and O–H groups in total. The Morgan fingerprint density at radius 2 is 2.50 bits per heavy atom. The second-order valence-electron chi connectivity index (χ2n) is 2.31. The van der Waals surface area contributed by atoms with Crippen LogP contribution in [0.25, 0.3) is 0 Å². The van der Waals surface area contributed by atoms with Gasteiger partial charge in [0.1, 0.15) is 11.6 Å². The van der Waals surface area contributed by atoms with Crippen LogP contribution < -0.4 is 5.32 Å². The minimum Gasteiger partial charge on any atom is -0.458 e. The number of carbonyl (C=O) groups is 2. The van der Waals surface area contributed by atoms with Crippen LogP contribution in [0.2, 0.25) is 0 Å². The van der Waals surface area contributed by atoms with E-state index < -0.39 is 5.97 Å². The van der Waals surface area contributed by atoms with Crippen LogP contribution in [0.4, 0.5) is 5.00 Å². The third-order valence-electron chi connectivity index (χ3n) is 1.41. The van der Waals surface area contributed by atoms with Crippen molar-refractivity contribution in [3.8, 4) is 0 Å². The zero-order valence-electron chi connectivity index (χ0n) is 7.36. The van der Waals surface area contributed by atoms with Gasteiger partial charge in [0, 0.05) is 0 Å². The lowest BCUT2D eigenvalue weighted by Crippen LogP contribution is -2.06. The fourth-order valence-electron chi connectivity index (χ4n) is 0.848. The van der Waals surface area contributed by atoms with Crippen LogP contribution in [0.15, 0.2) is 24.1 Å². The molecule has 0 radical (unpaired) electrons. The highest BCUT2D eigenvalue weighted by Gasteiger charge is 2.12. The lowest BCUT2D eigenvalue weighted by Gasteiger charge is -2.01. The lowest BCUT2D eigenvalue weighted by atomic mass is 10.3. The number of carbonyl (C=O) groups excluding carboxylic acids is 2. The summed E-state index contributed by atoms with van der Waals surface area (Å²) in [5.41, 5.74) is 0.365. The van der Waals surface area contributed by atoms with Crippen LogP contribution in [-0.4, -0.2) is 19.0 Å². The molecule has 4 nitrogen and oxygen atoms in total. The molecule has 0 saturated carbocycles. The van der Waals surface area contributed by atoms with Crippen molar-refractivity contribution in [2.45, 2.75) is 0 Å². The van der Waals surface area contributed by atoms with Crippen molar-refractivity contribution in [3.63, 3.8) is 0 Å². The van der Waals surface area contributed by atoms with Crippen molar-refractivity contribution < 1.29 is 14.3 Å². The van der Waals surface area contributed by atoms with Gasteiger partial charge >= 0.3 is 5.97 Å². The van der Waals surface area contributed by atoms with E-state index in [1.54, 1.807) is 11.4 Å². The van der Waals surface area contributed by atoms with Crippen LogP contribution in [0.1, 0.15) is 10.4 Å². The number of hydrogen-bond donors (Lipinski definition) is 1. The molecule has 1 aromatic rings. The Labute approximate surface area is 85.2 Å². The molecule has 0 unspecified atom stereocenters. The second kappa shape index (κ2) is 5.18. The highest BCUT2D eigenvalue weighted by atomic mass is 32.1. The fraction of sp³-hybridized carbons (Fsp3) is 0.111. The number of amides is 1. The fourth-order valence-corrected chi connectivity index (χ4v) is 1.58. The minimum atomic E-state index is -0.462. The van der Waals surface area contributed by atoms with Gasteiger partial charge in [0.2, 0.25) is 6.41 Å². The van der Waals surface area contributed by atoms with Gasteiger partial charge in [0.15, 0.2) is 0 Å². The van der Waals surface area contributed by atoms with Crippen LogP contribution in [0.3, 0.4) is 0 Å². The molecule has 0 bridgehead atoms. The summed E-state index contributed by atoms with van der Waals surface area (Å²) in [6.45, 7) is 3.59. The first-order valence-corrected chi connectivity index (χ1v) is 4.73.